The summed E-state index contributed by atoms with van der Waals surface area (Å²) in [5, 5.41) is 13.3. The van der Waals surface area contributed by atoms with Crippen molar-refractivity contribution in [1.29, 1.82) is 0 Å². The SMILES string of the molecule is Cc1ccc(/C=N/n2cnnc2SCc2ccc(C)cc2)cc1. The van der Waals surface area contributed by atoms with Crippen LogP contribution in [-0.2, 0) is 5.75 Å². The average molecular weight is 322 g/mol. The Morgan fingerprint density at radius 3 is 2.35 bits per heavy atom. The number of aryl methyl sites for hydroxylation is 2. The first kappa shape index (κ1) is 15.5. The third-order valence-corrected chi connectivity index (χ3v) is 4.40. The number of rotatable bonds is 5. The summed E-state index contributed by atoms with van der Waals surface area (Å²) in [5.74, 6) is 0.846. The Bertz CT molecular complexity index is 789. The first-order valence-corrected chi connectivity index (χ1v) is 8.39. The van der Waals surface area contributed by atoms with Gasteiger partial charge in [0, 0.05) is 5.75 Å². The molecule has 0 spiro atoms. The maximum absolute atomic E-state index is 4.44. The van der Waals surface area contributed by atoms with Crippen LogP contribution in [0.1, 0.15) is 22.3 Å². The van der Waals surface area contributed by atoms with Crippen LogP contribution in [0.25, 0.3) is 0 Å². The van der Waals surface area contributed by atoms with Crippen molar-refractivity contribution in [2.24, 2.45) is 5.10 Å². The number of aromatic nitrogens is 3. The number of hydrogen-bond donors (Lipinski definition) is 0. The van der Waals surface area contributed by atoms with E-state index in [2.05, 4.69) is 65.5 Å². The second kappa shape index (κ2) is 7.24. The molecule has 4 nitrogen and oxygen atoms in total. The van der Waals surface area contributed by atoms with Gasteiger partial charge in [-0.25, -0.2) is 0 Å². The monoisotopic (exact) mass is 322 g/mol. The van der Waals surface area contributed by atoms with E-state index in [1.807, 2.05) is 18.3 Å². The molecule has 0 bridgehead atoms. The van der Waals surface area contributed by atoms with Crippen molar-refractivity contribution < 1.29 is 0 Å². The van der Waals surface area contributed by atoms with E-state index in [0.717, 1.165) is 16.5 Å². The summed E-state index contributed by atoms with van der Waals surface area (Å²) in [6, 6.07) is 16.7. The minimum atomic E-state index is 0.786. The van der Waals surface area contributed by atoms with Crippen molar-refractivity contribution >= 4 is 18.0 Å². The summed E-state index contributed by atoms with van der Waals surface area (Å²) in [5.41, 5.74) is 4.82. The van der Waals surface area contributed by atoms with Gasteiger partial charge in [0.2, 0.25) is 5.16 Å². The Kier molecular flexibility index (Phi) is 4.88. The van der Waals surface area contributed by atoms with Gasteiger partial charge in [-0.15, -0.1) is 10.2 Å². The molecule has 0 unspecified atom stereocenters. The van der Waals surface area contributed by atoms with Crippen LogP contribution in [0.3, 0.4) is 0 Å². The van der Waals surface area contributed by atoms with Gasteiger partial charge < -0.3 is 0 Å². The molecule has 0 aliphatic carbocycles. The Morgan fingerprint density at radius 1 is 1.00 bits per heavy atom. The molecule has 1 aromatic heterocycles. The largest absolute Gasteiger partial charge is 0.212 e. The minimum Gasteiger partial charge on any atom is -0.195 e. The second-order valence-electron chi connectivity index (χ2n) is 5.39. The first-order valence-electron chi connectivity index (χ1n) is 7.40. The third-order valence-electron chi connectivity index (χ3n) is 3.40. The summed E-state index contributed by atoms with van der Waals surface area (Å²) >= 11 is 1.63. The Labute approximate surface area is 140 Å². The number of benzene rings is 2. The van der Waals surface area contributed by atoms with Crippen molar-refractivity contribution in [2.75, 3.05) is 0 Å². The lowest BCUT2D eigenvalue weighted by atomic mass is 10.2. The summed E-state index contributed by atoms with van der Waals surface area (Å²) in [7, 11) is 0. The lowest BCUT2D eigenvalue weighted by molar-refractivity contribution is 0.767. The molecule has 0 atom stereocenters. The molecular formula is C18H18N4S. The standard InChI is InChI=1S/C18H18N4S/c1-14-3-7-16(8-4-14)11-20-22-13-19-21-18(22)23-12-17-9-5-15(2)6-10-17/h3-11,13H,12H2,1-2H3/b20-11+. The van der Waals surface area contributed by atoms with Crippen molar-refractivity contribution in [1.82, 2.24) is 14.9 Å². The molecule has 1 heterocycles. The van der Waals surface area contributed by atoms with Gasteiger partial charge in [0.1, 0.15) is 6.33 Å². The maximum atomic E-state index is 4.44. The molecule has 0 fully saturated rings. The Hall–Kier alpha value is -2.40. The van der Waals surface area contributed by atoms with E-state index in [0.29, 0.717) is 0 Å². The molecule has 0 aliphatic rings. The van der Waals surface area contributed by atoms with Crippen LogP contribution in [0, 0.1) is 13.8 Å². The molecular weight excluding hydrogens is 304 g/mol. The van der Waals surface area contributed by atoms with Gasteiger partial charge >= 0.3 is 0 Å². The van der Waals surface area contributed by atoms with E-state index >= 15 is 0 Å². The summed E-state index contributed by atoms with van der Waals surface area (Å²) in [6.45, 7) is 4.16. The van der Waals surface area contributed by atoms with Crippen LogP contribution >= 0.6 is 11.8 Å². The highest BCUT2D eigenvalue weighted by atomic mass is 32.2. The van der Waals surface area contributed by atoms with Gasteiger partial charge in [-0.3, -0.25) is 0 Å². The lowest BCUT2D eigenvalue weighted by Gasteiger charge is -2.02. The summed E-state index contributed by atoms with van der Waals surface area (Å²) in [4.78, 5) is 0. The van der Waals surface area contributed by atoms with Gasteiger partial charge in [-0.1, -0.05) is 71.4 Å². The molecule has 3 aromatic rings. The molecule has 0 saturated heterocycles. The zero-order valence-electron chi connectivity index (χ0n) is 13.2. The van der Waals surface area contributed by atoms with E-state index in [1.165, 1.54) is 16.7 Å². The molecule has 5 heteroatoms. The summed E-state index contributed by atoms with van der Waals surface area (Å²) in [6.07, 6.45) is 3.45. The van der Waals surface area contributed by atoms with Gasteiger partial charge in [-0.05, 0) is 25.0 Å². The van der Waals surface area contributed by atoms with E-state index in [-0.39, 0.29) is 0 Å². The van der Waals surface area contributed by atoms with E-state index < -0.39 is 0 Å². The molecule has 0 aliphatic heterocycles. The van der Waals surface area contributed by atoms with E-state index in [9.17, 15) is 0 Å². The van der Waals surface area contributed by atoms with Gasteiger partial charge in [-0.2, -0.15) is 9.78 Å². The van der Waals surface area contributed by atoms with Gasteiger partial charge in [0.15, 0.2) is 0 Å². The van der Waals surface area contributed by atoms with Crippen LogP contribution in [-0.4, -0.2) is 21.1 Å². The van der Waals surface area contributed by atoms with Crippen molar-refractivity contribution in [3.8, 4) is 0 Å². The van der Waals surface area contributed by atoms with Crippen LogP contribution in [0.5, 0.6) is 0 Å². The van der Waals surface area contributed by atoms with E-state index in [1.54, 1.807) is 22.8 Å². The van der Waals surface area contributed by atoms with Gasteiger partial charge in [0.25, 0.3) is 0 Å². The highest BCUT2D eigenvalue weighted by Gasteiger charge is 2.04. The van der Waals surface area contributed by atoms with Crippen molar-refractivity contribution in [3.63, 3.8) is 0 Å². The zero-order chi connectivity index (χ0) is 16.1. The third kappa shape index (κ3) is 4.29. The quantitative estimate of drug-likeness (QED) is 0.525. The number of hydrogen-bond acceptors (Lipinski definition) is 4. The van der Waals surface area contributed by atoms with Crippen molar-refractivity contribution in [2.45, 2.75) is 24.8 Å². The van der Waals surface area contributed by atoms with Crippen LogP contribution in [0.15, 0.2) is 65.1 Å². The van der Waals surface area contributed by atoms with Crippen molar-refractivity contribution in [3.05, 3.63) is 77.1 Å². The highest BCUT2D eigenvalue weighted by Crippen LogP contribution is 2.20. The predicted octanol–water partition coefficient (Wildman–Crippen LogP) is 4.07. The van der Waals surface area contributed by atoms with Crippen LogP contribution in [0.4, 0.5) is 0 Å². The molecule has 23 heavy (non-hydrogen) atoms. The first-order chi connectivity index (χ1) is 11.2. The number of nitrogens with zero attached hydrogens (tertiary/aromatic N) is 4. The number of thioether (sulfide) groups is 1. The Balaban J connectivity index is 1.67. The average Bonchev–Trinajstić information content (AvgIpc) is 3.01. The molecule has 2 aromatic carbocycles. The molecule has 3 rings (SSSR count). The summed E-state index contributed by atoms with van der Waals surface area (Å²) < 4.78 is 1.71. The second-order valence-corrected chi connectivity index (χ2v) is 6.33. The minimum absolute atomic E-state index is 0.786. The van der Waals surface area contributed by atoms with E-state index in [4.69, 9.17) is 0 Å². The van der Waals surface area contributed by atoms with Crippen LogP contribution in [0.2, 0.25) is 0 Å². The molecule has 0 saturated carbocycles. The fourth-order valence-corrected chi connectivity index (χ4v) is 2.83. The zero-order valence-corrected chi connectivity index (χ0v) is 14.0. The topological polar surface area (TPSA) is 43.1 Å². The fraction of sp³-hybridized carbons (Fsp3) is 0.167. The van der Waals surface area contributed by atoms with Crippen LogP contribution < -0.4 is 0 Å². The normalized spacial score (nSPS) is 11.2. The highest BCUT2D eigenvalue weighted by molar-refractivity contribution is 7.98. The smallest absolute Gasteiger partial charge is 0.195 e. The molecule has 0 N–H and O–H groups in total. The molecule has 0 radical (unpaired) electrons. The predicted molar refractivity (Wildman–Crippen MR) is 94.9 cm³/mol. The fourth-order valence-electron chi connectivity index (χ4n) is 2.01. The molecule has 116 valence electrons. The molecule has 0 amide bonds. The lowest BCUT2D eigenvalue weighted by Crippen LogP contribution is -1.93. The Morgan fingerprint density at radius 2 is 1.65 bits per heavy atom. The van der Waals surface area contributed by atoms with Gasteiger partial charge in [0.05, 0.1) is 6.21 Å². The maximum Gasteiger partial charge on any atom is 0.212 e.